The summed E-state index contributed by atoms with van der Waals surface area (Å²) in [6.45, 7) is 7.27. The second-order valence-corrected chi connectivity index (χ2v) is 9.11. The number of likely N-dealkylation sites (tertiary alicyclic amines) is 1. The normalized spacial score (nSPS) is 19.4. The number of hydrogen-bond donors (Lipinski definition) is 0. The molecule has 0 saturated carbocycles. The standard InChI is InChI=1S/C26H30N2O3/c1-26(2,3)31-25(29)28-15-13-22(23-10-6-7-14-27-23)24(17-28)30-18-19-11-12-20-8-4-5-9-21(20)16-19/h4-12,14,16,22,24H,13,15,17-18H2,1-3H3. The molecule has 162 valence electrons. The molecule has 0 N–H and O–H groups in total. The van der Waals surface area contributed by atoms with Gasteiger partial charge in [-0.1, -0.05) is 42.5 Å². The topological polar surface area (TPSA) is 51.7 Å². The number of ether oxygens (including phenoxy) is 2. The molecule has 1 saturated heterocycles. The highest BCUT2D eigenvalue weighted by molar-refractivity contribution is 5.82. The predicted molar refractivity (Wildman–Crippen MR) is 122 cm³/mol. The number of hydrogen-bond acceptors (Lipinski definition) is 4. The van der Waals surface area contributed by atoms with Crippen LogP contribution in [0.1, 0.15) is 44.4 Å². The fourth-order valence-electron chi connectivity index (χ4n) is 4.04. The average Bonchev–Trinajstić information content (AvgIpc) is 2.77. The smallest absolute Gasteiger partial charge is 0.410 e. The second kappa shape index (κ2) is 9.06. The zero-order valence-electron chi connectivity index (χ0n) is 18.5. The maximum atomic E-state index is 12.7. The molecule has 4 rings (SSSR count). The number of carbonyl (C=O) groups excluding carboxylic acids is 1. The van der Waals surface area contributed by atoms with E-state index < -0.39 is 5.60 Å². The van der Waals surface area contributed by atoms with Gasteiger partial charge in [0.1, 0.15) is 5.60 Å². The Labute approximate surface area is 184 Å². The molecule has 2 heterocycles. The lowest BCUT2D eigenvalue weighted by molar-refractivity contribution is -0.0365. The number of amides is 1. The molecule has 1 aliphatic rings. The lowest BCUT2D eigenvalue weighted by Gasteiger charge is -2.38. The van der Waals surface area contributed by atoms with Crippen LogP contribution in [0.25, 0.3) is 10.8 Å². The number of fused-ring (bicyclic) bond motifs is 1. The molecule has 2 aromatic carbocycles. The van der Waals surface area contributed by atoms with Crippen LogP contribution >= 0.6 is 0 Å². The lowest BCUT2D eigenvalue weighted by atomic mass is 9.90. The fraction of sp³-hybridized carbons (Fsp3) is 0.385. The summed E-state index contributed by atoms with van der Waals surface area (Å²) in [7, 11) is 0. The molecule has 5 nitrogen and oxygen atoms in total. The zero-order valence-corrected chi connectivity index (χ0v) is 18.5. The zero-order chi connectivity index (χ0) is 21.8. The van der Waals surface area contributed by atoms with Crippen molar-refractivity contribution in [1.82, 2.24) is 9.88 Å². The van der Waals surface area contributed by atoms with E-state index in [0.29, 0.717) is 19.7 Å². The van der Waals surface area contributed by atoms with Gasteiger partial charge in [-0.3, -0.25) is 4.98 Å². The van der Waals surface area contributed by atoms with Crippen molar-refractivity contribution in [2.24, 2.45) is 0 Å². The summed E-state index contributed by atoms with van der Waals surface area (Å²) in [5.74, 6) is 0.139. The second-order valence-electron chi connectivity index (χ2n) is 9.11. The Morgan fingerprint density at radius 1 is 1.06 bits per heavy atom. The first-order valence-corrected chi connectivity index (χ1v) is 10.9. The first-order chi connectivity index (χ1) is 14.9. The van der Waals surface area contributed by atoms with Gasteiger partial charge in [0.25, 0.3) is 0 Å². The number of aromatic nitrogens is 1. The predicted octanol–water partition coefficient (Wildman–Crippen LogP) is 5.54. The molecular formula is C26H30N2O3. The van der Waals surface area contributed by atoms with Crippen LogP contribution in [0.15, 0.2) is 66.9 Å². The monoisotopic (exact) mass is 418 g/mol. The quantitative estimate of drug-likeness (QED) is 0.558. The molecule has 2 atom stereocenters. The Morgan fingerprint density at radius 2 is 1.84 bits per heavy atom. The molecule has 0 radical (unpaired) electrons. The fourth-order valence-corrected chi connectivity index (χ4v) is 4.04. The minimum Gasteiger partial charge on any atom is -0.444 e. The summed E-state index contributed by atoms with van der Waals surface area (Å²) in [4.78, 5) is 19.0. The molecule has 1 fully saturated rings. The number of rotatable bonds is 4. The van der Waals surface area contributed by atoms with E-state index in [2.05, 4.69) is 35.3 Å². The molecule has 2 unspecified atom stereocenters. The number of benzene rings is 2. The molecule has 1 aromatic heterocycles. The van der Waals surface area contributed by atoms with E-state index in [1.807, 2.05) is 57.3 Å². The summed E-state index contributed by atoms with van der Waals surface area (Å²) < 4.78 is 12.0. The summed E-state index contributed by atoms with van der Waals surface area (Å²) in [6.07, 6.45) is 2.17. The van der Waals surface area contributed by atoms with Crippen LogP contribution in [0, 0.1) is 0 Å². The summed E-state index contributed by atoms with van der Waals surface area (Å²) in [5.41, 5.74) is 1.61. The lowest BCUT2D eigenvalue weighted by Crippen LogP contribution is -2.48. The first kappa shape index (κ1) is 21.3. The number of piperidine rings is 1. The molecule has 1 amide bonds. The number of pyridine rings is 1. The molecule has 31 heavy (non-hydrogen) atoms. The molecule has 5 heteroatoms. The number of nitrogens with zero attached hydrogens (tertiary/aromatic N) is 2. The van der Waals surface area contributed by atoms with Crippen LogP contribution in [-0.2, 0) is 16.1 Å². The van der Waals surface area contributed by atoms with Crippen molar-refractivity contribution in [3.8, 4) is 0 Å². The van der Waals surface area contributed by atoms with Crippen molar-refractivity contribution >= 4 is 16.9 Å². The summed E-state index contributed by atoms with van der Waals surface area (Å²) in [6, 6.07) is 20.7. The van der Waals surface area contributed by atoms with Crippen molar-refractivity contribution in [1.29, 1.82) is 0 Å². The van der Waals surface area contributed by atoms with Gasteiger partial charge in [-0.15, -0.1) is 0 Å². The highest BCUT2D eigenvalue weighted by Gasteiger charge is 2.35. The van der Waals surface area contributed by atoms with Crippen molar-refractivity contribution in [3.63, 3.8) is 0 Å². The van der Waals surface area contributed by atoms with Crippen LogP contribution in [0.4, 0.5) is 4.79 Å². The highest BCUT2D eigenvalue weighted by atomic mass is 16.6. The maximum absolute atomic E-state index is 12.7. The molecular weight excluding hydrogens is 388 g/mol. The van der Waals surface area contributed by atoms with Crippen LogP contribution < -0.4 is 0 Å². The molecule has 0 spiro atoms. The van der Waals surface area contributed by atoms with Gasteiger partial charge in [-0.2, -0.15) is 0 Å². The van der Waals surface area contributed by atoms with Gasteiger partial charge in [0.05, 0.1) is 19.3 Å². The van der Waals surface area contributed by atoms with Gasteiger partial charge >= 0.3 is 6.09 Å². The van der Waals surface area contributed by atoms with Gasteiger partial charge in [0.15, 0.2) is 0 Å². The van der Waals surface area contributed by atoms with Crippen molar-refractivity contribution in [3.05, 3.63) is 78.1 Å². The highest BCUT2D eigenvalue weighted by Crippen LogP contribution is 2.31. The molecule has 1 aliphatic heterocycles. The number of carbonyl (C=O) groups is 1. The van der Waals surface area contributed by atoms with Crippen molar-refractivity contribution < 1.29 is 14.3 Å². The van der Waals surface area contributed by atoms with Crippen LogP contribution in [0.2, 0.25) is 0 Å². The largest absolute Gasteiger partial charge is 0.444 e. The van der Waals surface area contributed by atoms with E-state index in [1.54, 1.807) is 4.90 Å². The van der Waals surface area contributed by atoms with E-state index >= 15 is 0 Å². The van der Waals surface area contributed by atoms with Crippen LogP contribution in [0.5, 0.6) is 0 Å². The summed E-state index contributed by atoms with van der Waals surface area (Å²) >= 11 is 0. The van der Waals surface area contributed by atoms with Crippen molar-refractivity contribution in [2.45, 2.75) is 51.4 Å². The average molecular weight is 419 g/mol. The Balaban J connectivity index is 1.50. The molecule has 3 aromatic rings. The van der Waals surface area contributed by atoms with Gasteiger partial charge in [0.2, 0.25) is 0 Å². The van der Waals surface area contributed by atoms with E-state index in [0.717, 1.165) is 17.7 Å². The van der Waals surface area contributed by atoms with Gasteiger partial charge in [0, 0.05) is 24.4 Å². The SMILES string of the molecule is CC(C)(C)OC(=O)N1CCC(c2ccccn2)C(OCc2ccc3ccccc3c2)C1. The Morgan fingerprint density at radius 3 is 2.58 bits per heavy atom. The first-order valence-electron chi connectivity index (χ1n) is 10.9. The van der Waals surface area contributed by atoms with E-state index in [4.69, 9.17) is 9.47 Å². The third kappa shape index (κ3) is 5.42. The third-order valence-electron chi connectivity index (χ3n) is 5.56. The van der Waals surface area contributed by atoms with E-state index in [1.165, 1.54) is 10.8 Å². The molecule has 0 aliphatic carbocycles. The Hall–Kier alpha value is -2.92. The van der Waals surface area contributed by atoms with E-state index in [9.17, 15) is 4.79 Å². The van der Waals surface area contributed by atoms with Crippen LogP contribution in [-0.4, -0.2) is 40.8 Å². The van der Waals surface area contributed by atoms with E-state index in [-0.39, 0.29) is 18.1 Å². The Kier molecular flexibility index (Phi) is 6.23. The maximum Gasteiger partial charge on any atom is 0.410 e. The van der Waals surface area contributed by atoms with Crippen LogP contribution in [0.3, 0.4) is 0 Å². The van der Waals surface area contributed by atoms with Crippen molar-refractivity contribution in [2.75, 3.05) is 13.1 Å². The molecule has 0 bridgehead atoms. The van der Waals surface area contributed by atoms with Gasteiger partial charge < -0.3 is 14.4 Å². The minimum absolute atomic E-state index is 0.139. The van der Waals surface area contributed by atoms with Gasteiger partial charge in [-0.05, 0) is 61.7 Å². The summed E-state index contributed by atoms with van der Waals surface area (Å²) in [5, 5.41) is 2.41. The third-order valence-corrected chi connectivity index (χ3v) is 5.56. The minimum atomic E-state index is -0.517. The Bertz CT molecular complexity index is 1030. The van der Waals surface area contributed by atoms with Gasteiger partial charge in [-0.25, -0.2) is 4.79 Å².